The summed E-state index contributed by atoms with van der Waals surface area (Å²) in [6.07, 6.45) is 3.31. The quantitative estimate of drug-likeness (QED) is 0.754. The van der Waals surface area contributed by atoms with Gasteiger partial charge < -0.3 is 16.0 Å². The average molecular weight is 241 g/mol. The molecule has 0 spiro atoms. The number of piperidine rings is 1. The van der Waals surface area contributed by atoms with Crippen molar-refractivity contribution in [1.82, 2.24) is 10.2 Å². The van der Waals surface area contributed by atoms with Crippen molar-refractivity contribution in [2.75, 3.05) is 19.6 Å². The van der Waals surface area contributed by atoms with Gasteiger partial charge in [-0.25, -0.2) is 0 Å². The van der Waals surface area contributed by atoms with Crippen molar-refractivity contribution in [3.05, 3.63) is 0 Å². The molecular formula is C13H27N3O. The molecule has 1 heterocycles. The number of nitrogens with one attached hydrogen (secondary N) is 1. The third-order valence-corrected chi connectivity index (χ3v) is 3.49. The van der Waals surface area contributed by atoms with Crippen molar-refractivity contribution < 1.29 is 4.79 Å². The number of carbonyl (C=O) groups is 1. The fraction of sp³-hybridized carbons (Fsp3) is 0.923. The summed E-state index contributed by atoms with van der Waals surface area (Å²) < 4.78 is 0. The van der Waals surface area contributed by atoms with E-state index in [4.69, 9.17) is 5.73 Å². The number of amides is 1. The van der Waals surface area contributed by atoms with E-state index in [1.54, 1.807) is 0 Å². The van der Waals surface area contributed by atoms with Crippen molar-refractivity contribution in [2.24, 2.45) is 11.7 Å². The fourth-order valence-electron chi connectivity index (χ4n) is 2.22. The molecule has 1 rings (SSSR count). The first-order chi connectivity index (χ1) is 8.04. The van der Waals surface area contributed by atoms with Gasteiger partial charge in [0.05, 0.1) is 6.04 Å². The standard InChI is InChI=1S/C13H27N3O/c1-4-7-16-8-5-11(6-9-16)15-13(17)12(14)10(2)3/h10-12H,4-9,14H2,1-3H3,(H,15,17). The lowest BCUT2D eigenvalue weighted by molar-refractivity contribution is -0.124. The highest BCUT2D eigenvalue weighted by molar-refractivity contribution is 5.82. The monoisotopic (exact) mass is 241 g/mol. The number of nitrogens with zero attached hydrogens (tertiary/aromatic N) is 1. The summed E-state index contributed by atoms with van der Waals surface area (Å²) in [5, 5.41) is 3.07. The normalized spacial score (nSPS) is 20.5. The average Bonchev–Trinajstić information content (AvgIpc) is 2.30. The molecule has 1 amide bonds. The van der Waals surface area contributed by atoms with E-state index < -0.39 is 0 Å². The number of hydrogen-bond acceptors (Lipinski definition) is 3. The number of rotatable bonds is 5. The molecule has 1 unspecified atom stereocenters. The van der Waals surface area contributed by atoms with Gasteiger partial charge in [0.2, 0.25) is 5.91 Å². The van der Waals surface area contributed by atoms with Gasteiger partial charge in [-0.2, -0.15) is 0 Å². The minimum Gasteiger partial charge on any atom is -0.352 e. The molecule has 0 bridgehead atoms. The van der Waals surface area contributed by atoms with Crippen LogP contribution in [0.5, 0.6) is 0 Å². The van der Waals surface area contributed by atoms with E-state index in [-0.39, 0.29) is 17.9 Å². The highest BCUT2D eigenvalue weighted by atomic mass is 16.2. The zero-order valence-electron chi connectivity index (χ0n) is 11.4. The Morgan fingerprint density at radius 3 is 2.47 bits per heavy atom. The van der Waals surface area contributed by atoms with Gasteiger partial charge in [0.1, 0.15) is 0 Å². The minimum absolute atomic E-state index is 0.00828. The van der Waals surface area contributed by atoms with Crippen molar-refractivity contribution in [3.63, 3.8) is 0 Å². The number of hydrogen-bond donors (Lipinski definition) is 2. The Hall–Kier alpha value is -0.610. The Balaban J connectivity index is 2.28. The summed E-state index contributed by atoms with van der Waals surface area (Å²) in [5.41, 5.74) is 5.83. The third-order valence-electron chi connectivity index (χ3n) is 3.49. The zero-order chi connectivity index (χ0) is 12.8. The maximum absolute atomic E-state index is 11.8. The van der Waals surface area contributed by atoms with E-state index in [1.165, 1.54) is 13.0 Å². The van der Waals surface area contributed by atoms with Crippen LogP contribution in [0.2, 0.25) is 0 Å². The van der Waals surface area contributed by atoms with E-state index in [0.29, 0.717) is 6.04 Å². The minimum atomic E-state index is -0.372. The second-order valence-electron chi connectivity index (χ2n) is 5.39. The molecule has 0 aromatic rings. The van der Waals surface area contributed by atoms with E-state index in [9.17, 15) is 4.79 Å². The third kappa shape index (κ3) is 4.64. The van der Waals surface area contributed by atoms with Crippen LogP contribution in [0.15, 0.2) is 0 Å². The second-order valence-corrected chi connectivity index (χ2v) is 5.39. The van der Waals surface area contributed by atoms with Crippen molar-refractivity contribution >= 4 is 5.91 Å². The molecule has 1 atom stereocenters. The number of carbonyl (C=O) groups excluding carboxylic acids is 1. The van der Waals surface area contributed by atoms with Crippen LogP contribution in [-0.4, -0.2) is 42.5 Å². The number of nitrogens with two attached hydrogens (primary N) is 1. The van der Waals surface area contributed by atoms with Gasteiger partial charge in [-0.3, -0.25) is 4.79 Å². The molecule has 4 heteroatoms. The molecule has 0 radical (unpaired) electrons. The fourth-order valence-corrected chi connectivity index (χ4v) is 2.22. The highest BCUT2D eigenvalue weighted by Gasteiger charge is 2.23. The Morgan fingerprint density at radius 2 is 2.00 bits per heavy atom. The smallest absolute Gasteiger partial charge is 0.237 e. The second kappa shape index (κ2) is 6.97. The molecule has 0 aromatic carbocycles. The Morgan fingerprint density at radius 1 is 1.41 bits per heavy atom. The van der Waals surface area contributed by atoms with Crippen LogP contribution < -0.4 is 11.1 Å². The summed E-state index contributed by atoms with van der Waals surface area (Å²) in [6, 6.07) is -0.0518. The van der Waals surface area contributed by atoms with Crippen LogP contribution in [0.3, 0.4) is 0 Å². The van der Waals surface area contributed by atoms with Crippen LogP contribution in [0.25, 0.3) is 0 Å². The first-order valence-electron chi connectivity index (χ1n) is 6.83. The van der Waals surface area contributed by atoms with Gasteiger partial charge in [-0.1, -0.05) is 20.8 Å². The summed E-state index contributed by atoms with van der Waals surface area (Å²) >= 11 is 0. The van der Waals surface area contributed by atoms with Gasteiger partial charge in [-0.05, 0) is 31.7 Å². The summed E-state index contributed by atoms with van der Waals surface area (Å²) in [7, 11) is 0. The summed E-state index contributed by atoms with van der Waals surface area (Å²) in [6.45, 7) is 9.52. The number of likely N-dealkylation sites (tertiary alicyclic amines) is 1. The predicted molar refractivity (Wildman–Crippen MR) is 70.7 cm³/mol. The topological polar surface area (TPSA) is 58.4 Å². The Kier molecular flexibility index (Phi) is 5.92. The molecular weight excluding hydrogens is 214 g/mol. The van der Waals surface area contributed by atoms with E-state index in [0.717, 1.165) is 25.9 Å². The SMILES string of the molecule is CCCN1CCC(NC(=O)C(N)C(C)C)CC1. The highest BCUT2D eigenvalue weighted by Crippen LogP contribution is 2.11. The molecule has 100 valence electrons. The Bertz CT molecular complexity index is 235. The lowest BCUT2D eigenvalue weighted by Crippen LogP contribution is -2.51. The van der Waals surface area contributed by atoms with Crippen LogP contribution in [0.1, 0.15) is 40.0 Å². The molecule has 3 N–H and O–H groups in total. The molecule has 1 fully saturated rings. The van der Waals surface area contributed by atoms with Crippen molar-refractivity contribution in [1.29, 1.82) is 0 Å². The van der Waals surface area contributed by atoms with Crippen LogP contribution in [0.4, 0.5) is 0 Å². The lowest BCUT2D eigenvalue weighted by atomic mass is 10.0. The first-order valence-corrected chi connectivity index (χ1v) is 6.83. The largest absolute Gasteiger partial charge is 0.352 e. The lowest BCUT2D eigenvalue weighted by Gasteiger charge is -2.32. The molecule has 0 aromatic heterocycles. The van der Waals surface area contributed by atoms with E-state index in [1.807, 2.05) is 13.8 Å². The van der Waals surface area contributed by atoms with Crippen molar-refractivity contribution in [3.8, 4) is 0 Å². The maximum Gasteiger partial charge on any atom is 0.237 e. The molecule has 1 aliphatic heterocycles. The Labute approximate surface area is 105 Å². The van der Waals surface area contributed by atoms with Gasteiger partial charge >= 0.3 is 0 Å². The van der Waals surface area contributed by atoms with Gasteiger partial charge in [0.25, 0.3) is 0 Å². The molecule has 1 aliphatic rings. The predicted octanol–water partition coefficient (Wildman–Crippen LogP) is 0.960. The molecule has 1 saturated heterocycles. The zero-order valence-corrected chi connectivity index (χ0v) is 11.4. The first kappa shape index (κ1) is 14.5. The van der Waals surface area contributed by atoms with Crippen molar-refractivity contribution in [2.45, 2.75) is 52.1 Å². The molecule has 4 nitrogen and oxygen atoms in total. The molecule has 0 aliphatic carbocycles. The van der Waals surface area contributed by atoms with Crippen LogP contribution >= 0.6 is 0 Å². The molecule has 17 heavy (non-hydrogen) atoms. The van der Waals surface area contributed by atoms with Gasteiger partial charge in [-0.15, -0.1) is 0 Å². The van der Waals surface area contributed by atoms with E-state index >= 15 is 0 Å². The maximum atomic E-state index is 11.8. The summed E-state index contributed by atoms with van der Waals surface area (Å²) in [5.74, 6) is 0.212. The summed E-state index contributed by atoms with van der Waals surface area (Å²) in [4.78, 5) is 14.3. The van der Waals surface area contributed by atoms with Gasteiger partial charge in [0.15, 0.2) is 0 Å². The van der Waals surface area contributed by atoms with E-state index in [2.05, 4.69) is 17.1 Å². The van der Waals surface area contributed by atoms with Crippen LogP contribution in [0, 0.1) is 5.92 Å². The van der Waals surface area contributed by atoms with Gasteiger partial charge in [0, 0.05) is 19.1 Å². The van der Waals surface area contributed by atoms with Crippen LogP contribution in [-0.2, 0) is 4.79 Å². The molecule has 0 saturated carbocycles.